The third kappa shape index (κ3) is 2.49. The molecule has 0 saturated heterocycles. The van der Waals surface area contributed by atoms with E-state index in [4.69, 9.17) is 9.84 Å². The van der Waals surface area contributed by atoms with Crippen molar-refractivity contribution in [3.63, 3.8) is 0 Å². The van der Waals surface area contributed by atoms with Crippen molar-refractivity contribution in [1.29, 1.82) is 0 Å². The number of aromatic carboxylic acids is 1. The van der Waals surface area contributed by atoms with Crippen molar-refractivity contribution in [3.05, 3.63) is 47.3 Å². The lowest BCUT2D eigenvalue weighted by Crippen LogP contribution is -2.07. The van der Waals surface area contributed by atoms with E-state index in [1.54, 1.807) is 31.2 Å². The van der Waals surface area contributed by atoms with E-state index in [0.717, 1.165) is 0 Å². The van der Waals surface area contributed by atoms with E-state index < -0.39 is 11.9 Å². The van der Waals surface area contributed by atoms with Crippen LogP contribution in [0.5, 0.6) is 0 Å². The molecule has 102 valence electrons. The van der Waals surface area contributed by atoms with Crippen molar-refractivity contribution >= 4 is 11.9 Å². The second kappa shape index (κ2) is 5.48. The molecule has 0 aliphatic carbocycles. The van der Waals surface area contributed by atoms with Gasteiger partial charge in [-0.3, -0.25) is 0 Å². The third-order valence-electron chi connectivity index (χ3n) is 2.78. The number of hydrogen-bond donors (Lipinski definition) is 1. The number of methoxy groups -OCH3 is 1. The first kappa shape index (κ1) is 13.7. The Kier molecular flexibility index (Phi) is 3.74. The molecule has 0 aliphatic rings. The molecule has 1 aromatic carbocycles. The van der Waals surface area contributed by atoms with Crippen LogP contribution >= 0.6 is 0 Å². The van der Waals surface area contributed by atoms with Gasteiger partial charge in [-0.15, -0.1) is 0 Å². The van der Waals surface area contributed by atoms with Gasteiger partial charge in [0.15, 0.2) is 5.82 Å². The van der Waals surface area contributed by atoms with Crippen molar-refractivity contribution in [2.75, 3.05) is 7.11 Å². The number of carbonyl (C=O) groups is 2. The summed E-state index contributed by atoms with van der Waals surface area (Å²) in [7, 11) is 1.29. The van der Waals surface area contributed by atoms with Gasteiger partial charge < -0.3 is 9.84 Å². The number of ether oxygens (including phenoxy) is 1. The van der Waals surface area contributed by atoms with Gasteiger partial charge in [-0.25, -0.2) is 19.6 Å². The Morgan fingerprint density at radius 1 is 1.20 bits per heavy atom. The molecule has 0 saturated carbocycles. The average Bonchev–Trinajstić information content (AvgIpc) is 2.46. The normalized spacial score (nSPS) is 10.1. The number of hydrogen-bond acceptors (Lipinski definition) is 5. The Balaban J connectivity index is 2.55. The van der Waals surface area contributed by atoms with Gasteiger partial charge in [-0.05, 0) is 13.0 Å². The predicted octanol–water partition coefficient (Wildman–Crippen LogP) is 1.94. The highest BCUT2D eigenvalue weighted by Gasteiger charge is 2.16. The molecule has 0 fully saturated rings. The SMILES string of the molecule is COC(=O)c1ccccc1-c1ncc(C(=O)O)c(C)n1. The monoisotopic (exact) mass is 272 g/mol. The molecule has 2 rings (SSSR count). The molecule has 6 nitrogen and oxygen atoms in total. The minimum absolute atomic E-state index is 0.0318. The summed E-state index contributed by atoms with van der Waals surface area (Å²) in [5, 5.41) is 8.95. The second-order valence-corrected chi connectivity index (χ2v) is 4.04. The fourth-order valence-electron chi connectivity index (χ4n) is 1.77. The molecule has 1 aromatic heterocycles. The third-order valence-corrected chi connectivity index (χ3v) is 2.78. The van der Waals surface area contributed by atoms with Crippen molar-refractivity contribution in [2.24, 2.45) is 0 Å². The molecule has 0 radical (unpaired) electrons. The van der Waals surface area contributed by atoms with Crippen molar-refractivity contribution in [2.45, 2.75) is 6.92 Å². The average molecular weight is 272 g/mol. The maximum absolute atomic E-state index is 11.7. The molecular weight excluding hydrogens is 260 g/mol. The van der Waals surface area contributed by atoms with E-state index in [-0.39, 0.29) is 11.4 Å². The van der Waals surface area contributed by atoms with Crippen LogP contribution in [0.1, 0.15) is 26.4 Å². The molecule has 2 aromatic rings. The number of carboxylic acid groups (broad SMARTS) is 1. The number of benzene rings is 1. The summed E-state index contributed by atoms with van der Waals surface area (Å²) in [6.45, 7) is 1.58. The Bertz CT molecular complexity index is 683. The molecule has 0 spiro atoms. The largest absolute Gasteiger partial charge is 0.478 e. The van der Waals surface area contributed by atoms with Crippen LogP contribution in [0.2, 0.25) is 0 Å². The second-order valence-electron chi connectivity index (χ2n) is 4.04. The predicted molar refractivity (Wildman–Crippen MR) is 70.5 cm³/mol. The first-order chi connectivity index (χ1) is 9.54. The number of carbonyl (C=O) groups excluding carboxylic acids is 1. The van der Waals surface area contributed by atoms with Gasteiger partial charge in [-0.1, -0.05) is 18.2 Å². The number of aryl methyl sites for hydroxylation is 1. The lowest BCUT2D eigenvalue weighted by Gasteiger charge is -2.08. The molecule has 1 N–H and O–H groups in total. The Labute approximate surface area is 115 Å². The topological polar surface area (TPSA) is 89.4 Å². The standard InChI is InChI=1S/C14H12N2O4/c1-8-11(13(17)18)7-15-12(16-8)9-5-3-4-6-10(9)14(19)20-2/h3-7H,1-2H3,(H,17,18). The molecule has 6 heteroatoms. The number of nitrogens with zero attached hydrogens (tertiary/aromatic N) is 2. The first-order valence-corrected chi connectivity index (χ1v) is 5.79. The maximum Gasteiger partial charge on any atom is 0.339 e. The van der Waals surface area contributed by atoms with Crippen molar-refractivity contribution in [3.8, 4) is 11.4 Å². The molecular formula is C14H12N2O4. The highest BCUT2D eigenvalue weighted by atomic mass is 16.5. The molecule has 20 heavy (non-hydrogen) atoms. The summed E-state index contributed by atoms with van der Waals surface area (Å²) < 4.78 is 4.70. The highest BCUT2D eigenvalue weighted by Crippen LogP contribution is 2.21. The van der Waals surface area contributed by atoms with Gasteiger partial charge in [0, 0.05) is 11.8 Å². The summed E-state index contributed by atoms with van der Waals surface area (Å²) in [4.78, 5) is 30.8. The van der Waals surface area contributed by atoms with Crippen LogP contribution in [-0.2, 0) is 4.74 Å². The minimum atomic E-state index is -1.09. The minimum Gasteiger partial charge on any atom is -0.478 e. The van der Waals surface area contributed by atoms with Gasteiger partial charge in [0.1, 0.15) is 0 Å². The summed E-state index contributed by atoms with van der Waals surface area (Å²) in [6, 6.07) is 6.73. The Morgan fingerprint density at radius 3 is 2.50 bits per heavy atom. The van der Waals surface area contributed by atoms with Crippen molar-refractivity contribution in [1.82, 2.24) is 9.97 Å². The number of rotatable bonds is 3. The Hall–Kier alpha value is -2.76. The van der Waals surface area contributed by atoms with E-state index in [0.29, 0.717) is 16.8 Å². The number of carboxylic acids is 1. The van der Waals surface area contributed by atoms with Gasteiger partial charge >= 0.3 is 11.9 Å². The lowest BCUT2D eigenvalue weighted by atomic mass is 10.1. The van der Waals surface area contributed by atoms with Crippen LogP contribution in [0, 0.1) is 6.92 Å². The molecule has 0 atom stereocenters. The van der Waals surface area contributed by atoms with Gasteiger partial charge in [0.25, 0.3) is 0 Å². The fraction of sp³-hybridized carbons (Fsp3) is 0.143. The maximum atomic E-state index is 11.7. The molecule has 0 bridgehead atoms. The first-order valence-electron chi connectivity index (χ1n) is 5.79. The van der Waals surface area contributed by atoms with E-state index in [9.17, 15) is 9.59 Å². The van der Waals surface area contributed by atoms with Crippen molar-refractivity contribution < 1.29 is 19.4 Å². The van der Waals surface area contributed by atoms with E-state index in [1.165, 1.54) is 13.3 Å². The smallest absolute Gasteiger partial charge is 0.339 e. The number of esters is 1. The van der Waals surface area contributed by atoms with Crippen LogP contribution in [-0.4, -0.2) is 34.1 Å². The van der Waals surface area contributed by atoms with E-state index >= 15 is 0 Å². The zero-order valence-corrected chi connectivity index (χ0v) is 11.0. The quantitative estimate of drug-likeness (QED) is 0.859. The van der Waals surface area contributed by atoms with Crippen LogP contribution < -0.4 is 0 Å². The molecule has 0 unspecified atom stereocenters. The van der Waals surface area contributed by atoms with Crippen LogP contribution in [0.25, 0.3) is 11.4 Å². The zero-order valence-electron chi connectivity index (χ0n) is 11.0. The van der Waals surface area contributed by atoms with Gasteiger partial charge in [0.2, 0.25) is 0 Å². The summed E-state index contributed by atoms with van der Waals surface area (Å²) in [6.07, 6.45) is 1.23. The number of aromatic nitrogens is 2. The van der Waals surface area contributed by atoms with Gasteiger partial charge in [-0.2, -0.15) is 0 Å². The van der Waals surface area contributed by atoms with Crippen LogP contribution in [0.4, 0.5) is 0 Å². The van der Waals surface area contributed by atoms with E-state index in [1.807, 2.05) is 0 Å². The summed E-state index contributed by atoms with van der Waals surface area (Å²) in [5.41, 5.74) is 1.20. The van der Waals surface area contributed by atoms with Crippen LogP contribution in [0.15, 0.2) is 30.5 Å². The highest BCUT2D eigenvalue weighted by molar-refractivity contribution is 5.96. The zero-order chi connectivity index (χ0) is 14.7. The van der Waals surface area contributed by atoms with Gasteiger partial charge in [0.05, 0.1) is 23.9 Å². The lowest BCUT2D eigenvalue weighted by molar-refractivity contribution is 0.0600. The molecule has 0 amide bonds. The fourth-order valence-corrected chi connectivity index (χ4v) is 1.77. The molecule has 0 aliphatic heterocycles. The summed E-state index contributed by atoms with van der Waals surface area (Å²) >= 11 is 0. The van der Waals surface area contributed by atoms with E-state index in [2.05, 4.69) is 9.97 Å². The Morgan fingerprint density at radius 2 is 1.90 bits per heavy atom. The molecule has 1 heterocycles. The van der Waals surface area contributed by atoms with Crippen LogP contribution in [0.3, 0.4) is 0 Å². The summed E-state index contributed by atoms with van der Waals surface area (Å²) in [5.74, 6) is -1.30.